The lowest BCUT2D eigenvalue weighted by Crippen LogP contribution is -2.10. The Labute approximate surface area is 114 Å². The second-order valence-corrected chi connectivity index (χ2v) is 5.82. The molecule has 0 aromatic carbocycles. The largest absolute Gasteiger partial charge is 0.395 e. The smallest absolute Gasteiger partial charge is 0.0813 e. The molecule has 0 saturated carbocycles. The molecule has 18 heavy (non-hydrogen) atoms. The highest BCUT2D eigenvalue weighted by atomic mass is 32.1. The Hall–Kier alpha value is -0.820. The van der Waals surface area contributed by atoms with E-state index < -0.39 is 0 Å². The topological polar surface area (TPSA) is 29.5 Å². The van der Waals surface area contributed by atoms with Gasteiger partial charge in [-0.1, -0.05) is 25.7 Å². The molecular weight excluding hydrogens is 244 g/mol. The fourth-order valence-corrected chi connectivity index (χ4v) is 2.44. The zero-order valence-electron chi connectivity index (χ0n) is 11.4. The summed E-state index contributed by atoms with van der Waals surface area (Å²) in [5.74, 6) is 6.62. The molecule has 0 aliphatic carbocycles. The maximum Gasteiger partial charge on any atom is 0.0813 e. The van der Waals surface area contributed by atoms with Gasteiger partial charge in [0.15, 0.2) is 0 Å². The lowest BCUT2D eigenvalue weighted by molar-refractivity contribution is 0.0412. The van der Waals surface area contributed by atoms with E-state index >= 15 is 0 Å². The zero-order chi connectivity index (χ0) is 13.4. The van der Waals surface area contributed by atoms with Crippen molar-refractivity contribution in [3.63, 3.8) is 0 Å². The predicted octanol–water partition coefficient (Wildman–Crippen LogP) is 3.43. The molecule has 1 atom stereocenters. The third kappa shape index (κ3) is 6.20. The molecule has 0 fully saturated rings. The van der Waals surface area contributed by atoms with Gasteiger partial charge in [0, 0.05) is 22.2 Å². The van der Waals surface area contributed by atoms with Gasteiger partial charge in [-0.15, -0.1) is 11.3 Å². The molecule has 1 heterocycles. The average Bonchev–Trinajstić information content (AvgIpc) is 2.74. The van der Waals surface area contributed by atoms with Crippen LogP contribution < -0.4 is 0 Å². The van der Waals surface area contributed by atoms with Crippen LogP contribution in [-0.4, -0.2) is 17.8 Å². The summed E-state index contributed by atoms with van der Waals surface area (Å²) in [4.78, 5) is 1.21. The molecule has 0 amide bonds. The summed E-state index contributed by atoms with van der Waals surface area (Å²) in [6, 6.07) is 2.07. The summed E-state index contributed by atoms with van der Waals surface area (Å²) in [6.45, 7) is 7.33. The summed E-state index contributed by atoms with van der Waals surface area (Å²) in [7, 11) is 0. The van der Waals surface area contributed by atoms with Crippen molar-refractivity contribution in [2.45, 2.75) is 46.3 Å². The standard InChI is InChI=1S/C15H22O2S/c1-12(2)8-13(3)17-10-15-9-14(11-18-15)6-4-5-7-16/h9,11-13,16H,5,7-8,10H2,1-3H3. The van der Waals surface area contributed by atoms with Gasteiger partial charge in [-0.2, -0.15) is 0 Å². The highest BCUT2D eigenvalue weighted by molar-refractivity contribution is 7.10. The van der Waals surface area contributed by atoms with E-state index in [0.29, 0.717) is 25.0 Å². The molecule has 1 N–H and O–H groups in total. The molecule has 0 spiro atoms. The molecule has 0 saturated heterocycles. The molecule has 2 nitrogen and oxygen atoms in total. The molecular formula is C15H22O2S. The monoisotopic (exact) mass is 266 g/mol. The Balaban J connectivity index is 2.38. The van der Waals surface area contributed by atoms with E-state index in [2.05, 4.69) is 38.7 Å². The van der Waals surface area contributed by atoms with Gasteiger partial charge < -0.3 is 9.84 Å². The number of hydrogen-bond acceptors (Lipinski definition) is 3. The van der Waals surface area contributed by atoms with Crippen molar-refractivity contribution < 1.29 is 9.84 Å². The highest BCUT2D eigenvalue weighted by Gasteiger charge is 2.06. The fraction of sp³-hybridized carbons (Fsp3) is 0.600. The Bertz CT molecular complexity index is 398. The van der Waals surface area contributed by atoms with E-state index in [4.69, 9.17) is 9.84 Å². The van der Waals surface area contributed by atoms with Crippen LogP contribution >= 0.6 is 11.3 Å². The van der Waals surface area contributed by atoms with Gasteiger partial charge in [0.2, 0.25) is 0 Å². The third-order valence-corrected chi connectivity index (χ3v) is 3.35. The van der Waals surface area contributed by atoms with Gasteiger partial charge in [-0.3, -0.25) is 0 Å². The van der Waals surface area contributed by atoms with Crippen LogP contribution in [0.4, 0.5) is 0 Å². The first kappa shape index (κ1) is 15.2. The van der Waals surface area contributed by atoms with Crippen molar-refractivity contribution in [2.75, 3.05) is 6.61 Å². The van der Waals surface area contributed by atoms with Crippen LogP contribution in [0.25, 0.3) is 0 Å². The van der Waals surface area contributed by atoms with Crippen molar-refractivity contribution in [3.8, 4) is 11.8 Å². The SMILES string of the molecule is CC(C)CC(C)OCc1cc(C#CCCO)cs1. The van der Waals surface area contributed by atoms with Gasteiger partial charge in [0.25, 0.3) is 0 Å². The molecule has 0 aliphatic heterocycles. The fourth-order valence-electron chi connectivity index (χ4n) is 1.70. The first-order valence-corrected chi connectivity index (χ1v) is 7.28. The molecule has 1 rings (SSSR count). The second kappa shape index (κ2) is 8.31. The maximum atomic E-state index is 8.65. The number of hydrogen-bond donors (Lipinski definition) is 1. The quantitative estimate of drug-likeness (QED) is 0.799. The van der Waals surface area contributed by atoms with E-state index in [1.165, 1.54) is 4.88 Å². The lowest BCUT2D eigenvalue weighted by Gasteiger charge is -2.14. The number of thiophene rings is 1. The van der Waals surface area contributed by atoms with Crippen molar-refractivity contribution in [2.24, 2.45) is 5.92 Å². The summed E-state index contributed by atoms with van der Waals surface area (Å²) in [5.41, 5.74) is 1.02. The van der Waals surface area contributed by atoms with Crippen LogP contribution in [0.3, 0.4) is 0 Å². The van der Waals surface area contributed by atoms with E-state index in [1.54, 1.807) is 11.3 Å². The van der Waals surface area contributed by atoms with E-state index in [-0.39, 0.29) is 6.61 Å². The van der Waals surface area contributed by atoms with Gasteiger partial charge in [-0.25, -0.2) is 0 Å². The molecule has 1 aromatic rings. The minimum absolute atomic E-state index is 0.125. The maximum absolute atomic E-state index is 8.65. The molecule has 0 bridgehead atoms. The first-order chi connectivity index (χ1) is 8.61. The minimum Gasteiger partial charge on any atom is -0.395 e. The Morgan fingerprint density at radius 3 is 2.83 bits per heavy atom. The number of ether oxygens (including phenoxy) is 1. The third-order valence-electron chi connectivity index (χ3n) is 2.44. The van der Waals surface area contributed by atoms with Crippen molar-refractivity contribution >= 4 is 11.3 Å². The van der Waals surface area contributed by atoms with E-state index in [0.717, 1.165) is 12.0 Å². The van der Waals surface area contributed by atoms with Crippen LogP contribution in [0, 0.1) is 17.8 Å². The Morgan fingerprint density at radius 1 is 1.39 bits per heavy atom. The first-order valence-electron chi connectivity index (χ1n) is 6.40. The zero-order valence-corrected chi connectivity index (χ0v) is 12.2. The summed E-state index contributed by atoms with van der Waals surface area (Å²) < 4.78 is 5.80. The van der Waals surface area contributed by atoms with Gasteiger partial charge in [-0.05, 0) is 25.3 Å². The number of aliphatic hydroxyl groups is 1. The van der Waals surface area contributed by atoms with E-state index in [9.17, 15) is 0 Å². The van der Waals surface area contributed by atoms with Crippen LogP contribution in [-0.2, 0) is 11.3 Å². The molecule has 0 aliphatic rings. The van der Waals surface area contributed by atoms with Crippen LogP contribution in [0.5, 0.6) is 0 Å². The highest BCUT2D eigenvalue weighted by Crippen LogP contribution is 2.17. The van der Waals surface area contributed by atoms with Gasteiger partial charge in [0.1, 0.15) is 0 Å². The Morgan fingerprint density at radius 2 is 2.17 bits per heavy atom. The minimum atomic E-state index is 0.125. The molecule has 1 aromatic heterocycles. The Kier molecular flexibility index (Phi) is 7.04. The number of aliphatic hydroxyl groups excluding tert-OH is 1. The van der Waals surface area contributed by atoms with Crippen LogP contribution in [0.1, 0.15) is 44.1 Å². The van der Waals surface area contributed by atoms with E-state index in [1.807, 2.05) is 5.38 Å². The second-order valence-electron chi connectivity index (χ2n) is 4.83. The van der Waals surface area contributed by atoms with Crippen molar-refractivity contribution in [1.82, 2.24) is 0 Å². The van der Waals surface area contributed by atoms with Crippen LogP contribution in [0.15, 0.2) is 11.4 Å². The molecule has 1 unspecified atom stereocenters. The summed E-state index contributed by atoms with van der Waals surface area (Å²) in [5, 5.41) is 10.7. The molecule has 0 radical (unpaired) electrons. The predicted molar refractivity (Wildman–Crippen MR) is 76.6 cm³/mol. The average molecular weight is 266 g/mol. The lowest BCUT2D eigenvalue weighted by atomic mass is 10.1. The van der Waals surface area contributed by atoms with Crippen molar-refractivity contribution in [1.29, 1.82) is 0 Å². The van der Waals surface area contributed by atoms with Crippen molar-refractivity contribution in [3.05, 3.63) is 21.9 Å². The summed E-state index contributed by atoms with van der Waals surface area (Å²) >= 11 is 1.68. The van der Waals surface area contributed by atoms with Gasteiger partial charge >= 0.3 is 0 Å². The normalized spacial score (nSPS) is 12.3. The molecule has 3 heteroatoms. The summed E-state index contributed by atoms with van der Waals surface area (Å²) in [6.07, 6.45) is 1.93. The van der Waals surface area contributed by atoms with Gasteiger partial charge in [0.05, 0.1) is 19.3 Å². The molecule has 100 valence electrons. The van der Waals surface area contributed by atoms with Crippen LogP contribution in [0.2, 0.25) is 0 Å². The number of rotatable bonds is 6.